The second kappa shape index (κ2) is 8.64. The summed E-state index contributed by atoms with van der Waals surface area (Å²) in [6.45, 7) is 1.79. The van der Waals surface area contributed by atoms with Gasteiger partial charge < -0.3 is 15.5 Å². The molecule has 2 N–H and O–H groups in total. The highest BCUT2D eigenvalue weighted by atomic mass is 32.2. The van der Waals surface area contributed by atoms with E-state index in [9.17, 15) is 22.4 Å². The number of benzene rings is 2. The predicted molar refractivity (Wildman–Crippen MR) is 114 cm³/mol. The average molecular weight is 447 g/mol. The van der Waals surface area contributed by atoms with Crippen molar-refractivity contribution in [1.29, 1.82) is 0 Å². The molecule has 8 nitrogen and oxygen atoms in total. The molecule has 0 aliphatic carbocycles. The van der Waals surface area contributed by atoms with E-state index in [-0.39, 0.29) is 41.7 Å². The fraction of sp³-hybridized carbons (Fsp3) is 0.333. The van der Waals surface area contributed by atoms with E-state index in [0.717, 1.165) is 30.2 Å². The molecular weight excluding hydrogens is 423 g/mol. The van der Waals surface area contributed by atoms with Crippen LogP contribution in [-0.4, -0.2) is 57.3 Å². The van der Waals surface area contributed by atoms with Crippen molar-refractivity contribution in [3.63, 3.8) is 0 Å². The molecule has 0 aromatic heterocycles. The highest BCUT2D eigenvalue weighted by Crippen LogP contribution is 2.31. The number of para-hydroxylation sites is 1. The number of nitrogens with zero attached hydrogens (tertiary/aromatic N) is 2. The molecule has 2 amide bonds. The highest BCUT2D eigenvalue weighted by Gasteiger charge is 2.29. The fourth-order valence-corrected chi connectivity index (χ4v) is 5.19. The maximum atomic E-state index is 14.5. The molecule has 4 rings (SSSR count). The molecular formula is C21H23FN4O4S. The summed E-state index contributed by atoms with van der Waals surface area (Å²) in [5, 5.41) is 5.21. The van der Waals surface area contributed by atoms with Crippen LogP contribution in [0.5, 0.6) is 0 Å². The minimum absolute atomic E-state index is 0.0117. The first-order chi connectivity index (χ1) is 14.9. The van der Waals surface area contributed by atoms with Crippen molar-refractivity contribution in [2.45, 2.75) is 17.7 Å². The van der Waals surface area contributed by atoms with Gasteiger partial charge in [-0.05, 0) is 49.2 Å². The van der Waals surface area contributed by atoms with Crippen molar-refractivity contribution in [3.05, 3.63) is 53.8 Å². The Bertz CT molecular complexity index is 1100. The molecule has 10 heteroatoms. The fourth-order valence-electron chi connectivity index (χ4n) is 3.79. The zero-order valence-corrected chi connectivity index (χ0v) is 17.6. The number of nitrogens with one attached hydrogen (secondary N) is 2. The van der Waals surface area contributed by atoms with Crippen molar-refractivity contribution < 1.29 is 22.4 Å². The van der Waals surface area contributed by atoms with E-state index >= 15 is 0 Å². The first-order valence-electron chi connectivity index (χ1n) is 10.1. The van der Waals surface area contributed by atoms with E-state index in [4.69, 9.17) is 0 Å². The van der Waals surface area contributed by atoms with E-state index in [0.29, 0.717) is 5.69 Å². The smallest absolute Gasteiger partial charge is 0.255 e. The maximum absolute atomic E-state index is 14.5. The van der Waals surface area contributed by atoms with Crippen molar-refractivity contribution >= 4 is 33.2 Å². The van der Waals surface area contributed by atoms with Crippen LogP contribution in [0.25, 0.3) is 0 Å². The van der Waals surface area contributed by atoms with Gasteiger partial charge in [0.15, 0.2) is 0 Å². The number of piperazine rings is 1. The van der Waals surface area contributed by atoms with Gasteiger partial charge in [-0.25, -0.2) is 12.8 Å². The summed E-state index contributed by atoms with van der Waals surface area (Å²) >= 11 is 0. The van der Waals surface area contributed by atoms with Gasteiger partial charge in [-0.3, -0.25) is 9.59 Å². The third-order valence-corrected chi connectivity index (χ3v) is 7.29. The number of sulfonamides is 1. The van der Waals surface area contributed by atoms with Gasteiger partial charge in [0.05, 0.1) is 17.1 Å². The lowest BCUT2D eigenvalue weighted by molar-refractivity contribution is -0.122. The Morgan fingerprint density at radius 3 is 2.42 bits per heavy atom. The molecule has 2 aliphatic rings. The van der Waals surface area contributed by atoms with Crippen molar-refractivity contribution in [3.8, 4) is 0 Å². The summed E-state index contributed by atoms with van der Waals surface area (Å²) in [7, 11) is -3.85. The lowest BCUT2D eigenvalue weighted by Gasteiger charge is -2.25. The Hall–Kier alpha value is -2.98. The number of carbonyl (C=O) groups excluding carboxylic acids is 2. The number of anilines is 2. The molecule has 164 valence electrons. The van der Waals surface area contributed by atoms with Gasteiger partial charge >= 0.3 is 0 Å². The Morgan fingerprint density at radius 2 is 1.74 bits per heavy atom. The molecule has 2 saturated heterocycles. The van der Waals surface area contributed by atoms with Crippen LogP contribution in [0.2, 0.25) is 0 Å². The monoisotopic (exact) mass is 446 g/mol. The third kappa shape index (κ3) is 4.40. The molecule has 2 fully saturated rings. The summed E-state index contributed by atoms with van der Waals surface area (Å²) in [6.07, 6.45) is 2.02. The maximum Gasteiger partial charge on any atom is 0.255 e. The summed E-state index contributed by atoms with van der Waals surface area (Å²) in [5.74, 6) is -1.42. The normalized spacial score (nSPS) is 17.5. The molecule has 0 radical (unpaired) electrons. The van der Waals surface area contributed by atoms with Crippen LogP contribution in [0.3, 0.4) is 0 Å². The van der Waals surface area contributed by atoms with Crippen molar-refractivity contribution in [1.82, 2.24) is 9.62 Å². The Labute approximate surface area is 180 Å². The van der Waals surface area contributed by atoms with Gasteiger partial charge in [-0.15, -0.1) is 0 Å². The summed E-state index contributed by atoms with van der Waals surface area (Å²) in [4.78, 5) is 26.3. The van der Waals surface area contributed by atoms with Crippen LogP contribution in [-0.2, 0) is 14.8 Å². The molecule has 2 aromatic carbocycles. The van der Waals surface area contributed by atoms with E-state index in [1.165, 1.54) is 30.3 Å². The standard InChI is InChI=1S/C21H23FN4O4S/c22-17-4-3-5-18(25-11-1-2-12-25)20(17)24-21(28)15-6-8-16(9-7-15)31(29,30)26-13-10-23-19(27)14-26/h3-9H,1-2,10-14H2,(H,23,27)(H,24,28). The summed E-state index contributed by atoms with van der Waals surface area (Å²) in [6, 6.07) is 10.1. The number of amides is 2. The number of hydrogen-bond acceptors (Lipinski definition) is 5. The van der Waals surface area contributed by atoms with Crippen molar-refractivity contribution in [2.75, 3.05) is 42.9 Å². The van der Waals surface area contributed by atoms with Gasteiger partial charge in [0.25, 0.3) is 5.91 Å². The van der Waals surface area contributed by atoms with Gasteiger partial charge in [0, 0.05) is 31.7 Å². The SMILES string of the molecule is O=C1CN(S(=O)(=O)c2ccc(C(=O)Nc3c(F)cccc3N3CCCC3)cc2)CCN1. The quantitative estimate of drug-likeness (QED) is 0.730. The minimum Gasteiger partial charge on any atom is -0.370 e. The summed E-state index contributed by atoms with van der Waals surface area (Å²) < 4.78 is 41.0. The molecule has 0 unspecified atom stereocenters. The highest BCUT2D eigenvalue weighted by molar-refractivity contribution is 7.89. The van der Waals surface area contributed by atoms with Crippen LogP contribution in [0.15, 0.2) is 47.4 Å². The zero-order valence-electron chi connectivity index (χ0n) is 16.8. The lowest BCUT2D eigenvalue weighted by Crippen LogP contribution is -2.49. The number of rotatable bonds is 5. The Kier molecular flexibility index (Phi) is 5.92. The largest absolute Gasteiger partial charge is 0.370 e. The molecule has 0 spiro atoms. The second-order valence-electron chi connectivity index (χ2n) is 7.50. The zero-order chi connectivity index (χ0) is 22.0. The van der Waals surface area contributed by atoms with Crippen LogP contribution < -0.4 is 15.5 Å². The van der Waals surface area contributed by atoms with Gasteiger partial charge in [-0.1, -0.05) is 6.07 Å². The minimum atomic E-state index is -3.85. The third-order valence-electron chi connectivity index (χ3n) is 5.43. The molecule has 0 atom stereocenters. The second-order valence-corrected chi connectivity index (χ2v) is 9.43. The number of halogens is 1. The first-order valence-corrected chi connectivity index (χ1v) is 11.5. The molecule has 2 aliphatic heterocycles. The number of carbonyl (C=O) groups is 2. The number of hydrogen-bond donors (Lipinski definition) is 2. The van der Waals surface area contributed by atoms with Gasteiger partial charge in [0.2, 0.25) is 15.9 Å². The summed E-state index contributed by atoms with van der Waals surface area (Å²) in [5.41, 5.74) is 0.949. The molecule has 2 aromatic rings. The predicted octanol–water partition coefficient (Wildman–Crippen LogP) is 1.80. The van der Waals surface area contributed by atoms with Crippen LogP contribution >= 0.6 is 0 Å². The van der Waals surface area contributed by atoms with Gasteiger partial charge in [0.1, 0.15) is 11.5 Å². The first kappa shape index (κ1) is 21.3. The lowest BCUT2D eigenvalue weighted by atomic mass is 10.2. The van der Waals surface area contributed by atoms with Crippen molar-refractivity contribution in [2.24, 2.45) is 0 Å². The molecule has 2 heterocycles. The topological polar surface area (TPSA) is 98.8 Å². The van der Waals surface area contributed by atoms with Crippen LogP contribution in [0.1, 0.15) is 23.2 Å². The van der Waals surface area contributed by atoms with Crippen LogP contribution in [0, 0.1) is 5.82 Å². The average Bonchev–Trinajstić information content (AvgIpc) is 3.30. The van der Waals surface area contributed by atoms with E-state index in [1.54, 1.807) is 12.1 Å². The molecule has 0 saturated carbocycles. The molecule has 31 heavy (non-hydrogen) atoms. The Balaban J connectivity index is 1.53. The van der Waals surface area contributed by atoms with E-state index < -0.39 is 21.7 Å². The van der Waals surface area contributed by atoms with Crippen LogP contribution in [0.4, 0.5) is 15.8 Å². The van der Waals surface area contributed by atoms with Gasteiger partial charge in [-0.2, -0.15) is 4.31 Å². The van der Waals surface area contributed by atoms with E-state index in [2.05, 4.69) is 10.6 Å². The molecule has 0 bridgehead atoms. The van der Waals surface area contributed by atoms with E-state index in [1.807, 2.05) is 4.90 Å². The Morgan fingerprint density at radius 1 is 1.03 bits per heavy atom.